The Morgan fingerprint density at radius 1 is 1.43 bits per heavy atom. The van der Waals surface area contributed by atoms with Crippen molar-refractivity contribution in [3.63, 3.8) is 0 Å². The van der Waals surface area contributed by atoms with Gasteiger partial charge in [0.15, 0.2) is 5.54 Å². The zero-order valence-electron chi connectivity index (χ0n) is 13.2. The summed E-state index contributed by atoms with van der Waals surface area (Å²) in [6.07, 6.45) is -0.326. The lowest BCUT2D eigenvalue weighted by Crippen LogP contribution is -2.57. The van der Waals surface area contributed by atoms with Gasteiger partial charge in [0.05, 0.1) is 6.10 Å². The number of nitrogens with one attached hydrogen (secondary N) is 1. The van der Waals surface area contributed by atoms with E-state index in [1.54, 1.807) is 20.8 Å². The first-order chi connectivity index (χ1) is 9.58. The lowest BCUT2D eigenvalue weighted by Gasteiger charge is -2.28. The highest BCUT2D eigenvalue weighted by Crippen LogP contribution is 2.23. The molecule has 122 valence electrons. The average Bonchev–Trinajstić information content (AvgIpc) is 2.70. The van der Waals surface area contributed by atoms with Crippen molar-refractivity contribution in [3.05, 3.63) is 0 Å². The molecule has 0 aromatic rings. The molecule has 7 nitrogen and oxygen atoms in total. The molecule has 1 aliphatic heterocycles. The zero-order chi connectivity index (χ0) is 16.3. The number of aliphatic hydroxyl groups is 1. The van der Waals surface area contributed by atoms with Gasteiger partial charge in [-0.25, -0.2) is 9.59 Å². The van der Waals surface area contributed by atoms with Gasteiger partial charge in [-0.15, -0.1) is 0 Å². The molecule has 0 bridgehead atoms. The lowest BCUT2D eigenvalue weighted by molar-refractivity contribution is -0.144. The normalized spacial score (nSPS) is 24.6. The molecule has 2 atom stereocenters. The van der Waals surface area contributed by atoms with E-state index < -0.39 is 29.3 Å². The van der Waals surface area contributed by atoms with Gasteiger partial charge >= 0.3 is 12.1 Å². The first-order valence-electron chi connectivity index (χ1n) is 7.23. The molecule has 2 unspecified atom stereocenters. The number of hydrogen-bond donors (Lipinski definition) is 3. The molecule has 1 aliphatic rings. The summed E-state index contributed by atoms with van der Waals surface area (Å²) in [6, 6.07) is 0. The fraction of sp³-hybridized carbons (Fsp3) is 0.857. The Hall–Kier alpha value is -1.34. The summed E-state index contributed by atoms with van der Waals surface area (Å²) in [4.78, 5) is 25.3. The number of carboxylic acid groups (broad SMARTS) is 1. The van der Waals surface area contributed by atoms with Crippen molar-refractivity contribution in [2.75, 3.05) is 19.6 Å². The summed E-state index contributed by atoms with van der Waals surface area (Å²) >= 11 is 0. The third-order valence-electron chi connectivity index (χ3n) is 3.44. The van der Waals surface area contributed by atoms with Crippen LogP contribution in [0.2, 0.25) is 0 Å². The smallest absolute Gasteiger partial charge is 0.408 e. The predicted octanol–water partition coefficient (Wildman–Crippen LogP) is 0.811. The van der Waals surface area contributed by atoms with Crippen molar-refractivity contribution < 1.29 is 24.5 Å². The second-order valence-electron chi connectivity index (χ2n) is 6.56. The minimum atomic E-state index is -1.35. The van der Waals surface area contributed by atoms with Crippen LogP contribution in [0.4, 0.5) is 4.79 Å². The molecule has 7 heteroatoms. The van der Waals surface area contributed by atoms with E-state index in [2.05, 4.69) is 5.32 Å². The van der Waals surface area contributed by atoms with E-state index in [0.29, 0.717) is 19.5 Å². The number of hydrogen-bond acceptors (Lipinski definition) is 5. The van der Waals surface area contributed by atoms with Gasteiger partial charge in [0.25, 0.3) is 0 Å². The van der Waals surface area contributed by atoms with E-state index in [-0.39, 0.29) is 13.0 Å². The van der Waals surface area contributed by atoms with Crippen molar-refractivity contribution in [2.24, 2.45) is 0 Å². The molecular formula is C14H26N2O5. The second kappa shape index (κ2) is 6.62. The van der Waals surface area contributed by atoms with Gasteiger partial charge in [0.2, 0.25) is 0 Å². The number of ether oxygens (including phenoxy) is 1. The van der Waals surface area contributed by atoms with Gasteiger partial charge < -0.3 is 20.3 Å². The Bertz CT molecular complexity index is 393. The molecule has 1 saturated heterocycles. The maximum Gasteiger partial charge on any atom is 0.408 e. The molecular weight excluding hydrogens is 276 g/mol. The molecule has 1 heterocycles. The minimum absolute atomic E-state index is 0.165. The van der Waals surface area contributed by atoms with Gasteiger partial charge in [0, 0.05) is 19.6 Å². The molecule has 0 aromatic carbocycles. The summed E-state index contributed by atoms with van der Waals surface area (Å²) < 4.78 is 5.13. The number of aliphatic hydroxyl groups excluding tert-OH is 1. The number of rotatable bonds is 5. The lowest BCUT2D eigenvalue weighted by atomic mass is 9.99. The summed E-state index contributed by atoms with van der Waals surface area (Å²) in [5.41, 5.74) is -2.03. The quantitative estimate of drug-likeness (QED) is 0.695. The van der Waals surface area contributed by atoms with Crippen LogP contribution in [0.1, 0.15) is 40.5 Å². The maximum absolute atomic E-state index is 11.8. The molecule has 1 fully saturated rings. The third kappa shape index (κ3) is 5.17. The largest absolute Gasteiger partial charge is 0.479 e. The van der Waals surface area contributed by atoms with Crippen LogP contribution in [0.15, 0.2) is 0 Å². The molecule has 0 saturated carbocycles. The van der Waals surface area contributed by atoms with Gasteiger partial charge in [-0.05, 0) is 33.6 Å². The number of likely N-dealkylation sites (tertiary alicyclic amines) is 1. The summed E-state index contributed by atoms with van der Waals surface area (Å²) in [6.45, 7) is 8.11. The van der Waals surface area contributed by atoms with E-state index in [0.717, 1.165) is 0 Å². The van der Waals surface area contributed by atoms with Gasteiger partial charge in [-0.2, -0.15) is 0 Å². The monoisotopic (exact) mass is 302 g/mol. The summed E-state index contributed by atoms with van der Waals surface area (Å²) in [7, 11) is 0. The van der Waals surface area contributed by atoms with E-state index in [1.165, 1.54) is 0 Å². The fourth-order valence-corrected chi connectivity index (χ4v) is 2.30. The highest BCUT2D eigenvalue weighted by Gasteiger charge is 2.47. The van der Waals surface area contributed by atoms with Gasteiger partial charge in [-0.1, -0.05) is 6.92 Å². The third-order valence-corrected chi connectivity index (χ3v) is 3.44. The van der Waals surface area contributed by atoms with Crippen LogP contribution >= 0.6 is 0 Å². The maximum atomic E-state index is 11.8. The number of nitrogens with zero attached hydrogens (tertiary/aromatic N) is 1. The number of alkyl carbamates (subject to hydrolysis) is 1. The van der Waals surface area contributed by atoms with Crippen LogP contribution in [0, 0.1) is 0 Å². The van der Waals surface area contributed by atoms with E-state index in [1.807, 2.05) is 11.8 Å². The van der Waals surface area contributed by atoms with Crippen LogP contribution in [0.5, 0.6) is 0 Å². The fourth-order valence-electron chi connectivity index (χ4n) is 2.30. The molecule has 0 aromatic heterocycles. The number of carbonyl (C=O) groups excluding carboxylic acids is 1. The molecule has 0 radical (unpaired) electrons. The summed E-state index contributed by atoms with van der Waals surface area (Å²) in [5.74, 6) is -1.08. The second-order valence-corrected chi connectivity index (χ2v) is 6.56. The van der Waals surface area contributed by atoms with Gasteiger partial charge in [-0.3, -0.25) is 4.90 Å². The number of β-amino-alcohol motifs (C(OH)–C–C–N with tert-alkyl or cyclic N) is 1. The Labute approximate surface area is 125 Å². The van der Waals surface area contributed by atoms with Crippen LogP contribution in [-0.2, 0) is 9.53 Å². The highest BCUT2D eigenvalue weighted by atomic mass is 16.6. The predicted molar refractivity (Wildman–Crippen MR) is 77.1 cm³/mol. The van der Waals surface area contributed by atoms with E-state index in [4.69, 9.17) is 4.74 Å². The minimum Gasteiger partial charge on any atom is -0.479 e. The number of aliphatic carboxylic acids is 1. The number of carboxylic acids is 1. The zero-order valence-corrected chi connectivity index (χ0v) is 13.2. The van der Waals surface area contributed by atoms with Crippen molar-refractivity contribution in [1.82, 2.24) is 10.2 Å². The van der Waals surface area contributed by atoms with Crippen LogP contribution in [0.25, 0.3) is 0 Å². The van der Waals surface area contributed by atoms with Crippen LogP contribution in [-0.4, -0.2) is 64.1 Å². The molecule has 21 heavy (non-hydrogen) atoms. The van der Waals surface area contributed by atoms with Crippen molar-refractivity contribution >= 4 is 12.1 Å². The van der Waals surface area contributed by atoms with E-state index in [9.17, 15) is 19.8 Å². The Morgan fingerprint density at radius 3 is 2.52 bits per heavy atom. The SMILES string of the molecule is CCC(O)CN1CCC(NC(=O)OC(C)(C)C)(C(=O)O)C1. The highest BCUT2D eigenvalue weighted by molar-refractivity contribution is 5.85. The Balaban J connectivity index is 2.69. The number of carbonyl (C=O) groups is 2. The first kappa shape index (κ1) is 17.7. The first-order valence-corrected chi connectivity index (χ1v) is 7.23. The molecule has 3 N–H and O–H groups in total. The molecule has 0 aliphatic carbocycles. The average molecular weight is 302 g/mol. The Morgan fingerprint density at radius 2 is 2.05 bits per heavy atom. The molecule has 0 spiro atoms. The number of amides is 1. The van der Waals surface area contributed by atoms with Crippen LogP contribution < -0.4 is 5.32 Å². The topological polar surface area (TPSA) is 99.1 Å². The van der Waals surface area contributed by atoms with Crippen molar-refractivity contribution in [2.45, 2.75) is 57.8 Å². The molecule has 1 rings (SSSR count). The van der Waals surface area contributed by atoms with Crippen molar-refractivity contribution in [3.8, 4) is 0 Å². The molecule has 1 amide bonds. The van der Waals surface area contributed by atoms with Crippen molar-refractivity contribution in [1.29, 1.82) is 0 Å². The Kier molecular flexibility index (Phi) is 5.58. The standard InChI is InChI=1S/C14H26N2O5/c1-5-10(17)8-16-7-6-14(9-16,11(18)19)15-12(20)21-13(2,3)4/h10,17H,5-9H2,1-4H3,(H,15,20)(H,18,19). The van der Waals surface area contributed by atoms with Crippen LogP contribution in [0.3, 0.4) is 0 Å². The van der Waals surface area contributed by atoms with E-state index >= 15 is 0 Å². The summed E-state index contributed by atoms with van der Waals surface area (Å²) in [5, 5.41) is 21.6. The van der Waals surface area contributed by atoms with Gasteiger partial charge in [0.1, 0.15) is 5.60 Å².